The van der Waals surface area contributed by atoms with Crippen LogP contribution in [0, 0.1) is 11.3 Å². The summed E-state index contributed by atoms with van der Waals surface area (Å²) >= 11 is 0. The molecule has 2 aliphatic heterocycles. The normalized spacial score (nSPS) is 18.6. The van der Waals surface area contributed by atoms with Crippen LogP contribution < -0.4 is 11.1 Å². The number of hydrogen-bond donors (Lipinski definition) is 3. The van der Waals surface area contributed by atoms with E-state index in [0.29, 0.717) is 38.0 Å². The van der Waals surface area contributed by atoms with E-state index in [2.05, 4.69) is 5.32 Å². The van der Waals surface area contributed by atoms with Gasteiger partial charge < -0.3 is 20.9 Å². The van der Waals surface area contributed by atoms with Gasteiger partial charge in [0.1, 0.15) is 24.8 Å². The van der Waals surface area contributed by atoms with Crippen molar-refractivity contribution in [1.82, 2.24) is 25.1 Å². The van der Waals surface area contributed by atoms with E-state index in [1.807, 2.05) is 60.7 Å². The molecule has 2 aliphatic rings. The first-order valence-corrected chi connectivity index (χ1v) is 15.3. The molecule has 12 nitrogen and oxygen atoms in total. The maximum absolute atomic E-state index is 13.7. The summed E-state index contributed by atoms with van der Waals surface area (Å²) in [7, 11) is 2.82. The number of carbonyl (C=O) groups is 4. The first-order valence-electron chi connectivity index (χ1n) is 15.3. The quantitative estimate of drug-likeness (QED) is 0.142. The highest BCUT2D eigenvalue weighted by Crippen LogP contribution is 2.23. The summed E-state index contributed by atoms with van der Waals surface area (Å²) in [6.07, 6.45) is 4.98. The number of nitrogens with one attached hydrogen (secondary N) is 2. The Kier molecular flexibility index (Phi) is 11.7. The van der Waals surface area contributed by atoms with Gasteiger partial charge in [-0.05, 0) is 55.2 Å². The molecule has 0 aromatic heterocycles. The Morgan fingerprint density at radius 1 is 1.13 bits per heavy atom. The number of hydroxylamine groups is 2. The molecule has 0 aliphatic carbocycles. The van der Waals surface area contributed by atoms with E-state index in [4.69, 9.17) is 16.0 Å². The van der Waals surface area contributed by atoms with Crippen molar-refractivity contribution in [2.45, 2.75) is 38.1 Å². The summed E-state index contributed by atoms with van der Waals surface area (Å²) in [5, 5.41) is 11.6. The van der Waals surface area contributed by atoms with Crippen LogP contribution in [0.4, 0.5) is 0 Å². The van der Waals surface area contributed by atoms with Crippen molar-refractivity contribution in [3.63, 3.8) is 0 Å². The number of carbonyl (C=O) groups excluding carboxylic acids is 4. The van der Waals surface area contributed by atoms with Gasteiger partial charge in [-0.25, -0.2) is 5.06 Å². The number of amides is 4. The molecule has 0 bridgehead atoms. The number of likely N-dealkylation sites (N-methyl/N-ethyl adjacent to an activating group) is 1. The third-order valence-electron chi connectivity index (χ3n) is 8.21. The van der Waals surface area contributed by atoms with Gasteiger partial charge >= 0.3 is 0 Å². The summed E-state index contributed by atoms with van der Waals surface area (Å²) in [5.74, 6) is -1.77. The van der Waals surface area contributed by atoms with Crippen LogP contribution in [0.1, 0.15) is 36.8 Å². The van der Waals surface area contributed by atoms with Crippen LogP contribution >= 0.6 is 0 Å². The monoisotopic (exact) mass is 617 g/mol. The molecule has 45 heavy (non-hydrogen) atoms. The third-order valence-corrected chi connectivity index (χ3v) is 8.21. The van der Waals surface area contributed by atoms with Gasteiger partial charge in [0.25, 0.3) is 11.8 Å². The molecule has 12 heteroatoms. The summed E-state index contributed by atoms with van der Waals surface area (Å²) in [6.45, 7) is 0.981. The van der Waals surface area contributed by atoms with Gasteiger partial charge in [-0.1, -0.05) is 60.7 Å². The van der Waals surface area contributed by atoms with Crippen molar-refractivity contribution in [2.24, 2.45) is 11.7 Å². The molecule has 0 saturated carbocycles. The van der Waals surface area contributed by atoms with E-state index in [-0.39, 0.29) is 35.9 Å². The molecule has 4 N–H and O–H groups in total. The SMILES string of the molecule is CON(C)C(=O)[C@H](CC1CCCN(C(=N)N)C1)NC(=O)CN1C(=O)CN(CCCc2ccccc2)C(=O)/C1=C\c1ccccc1. The molecule has 1 unspecified atom stereocenters. The topological polar surface area (TPSA) is 152 Å². The molecular weight excluding hydrogens is 574 g/mol. The Hall–Kier alpha value is -4.71. The van der Waals surface area contributed by atoms with Gasteiger partial charge in [-0.3, -0.25) is 34.3 Å². The zero-order chi connectivity index (χ0) is 32.3. The van der Waals surface area contributed by atoms with Crippen LogP contribution in [0.2, 0.25) is 0 Å². The molecule has 2 saturated heterocycles. The first kappa shape index (κ1) is 33.2. The number of likely N-dealkylation sites (tertiary alicyclic amines) is 1. The number of rotatable bonds is 12. The number of nitrogens with two attached hydrogens (primary N) is 1. The van der Waals surface area contributed by atoms with Gasteiger partial charge in [0, 0.05) is 26.7 Å². The molecule has 4 amide bonds. The molecular formula is C33H43N7O5. The second-order valence-electron chi connectivity index (χ2n) is 11.4. The Morgan fingerprint density at radius 3 is 2.49 bits per heavy atom. The molecule has 2 fully saturated rings. The minimum atomic E-state index is -0.939. The first-order chi connectivity index (χ1) is 21.7. The highest BCUT2D eigenvalue weighted by atomic mass is 16.7. The Balaban J connectivity index is 1.49. The fraction of sp³-hybridized carbons (Fsp3) is 0.424. The highest BCUT2D eigenvalue weighted by Gasteiger charge is 2.37. The molecule has 2 aromatic carbocycles. The number of piperidine rings is 1. The van der Waals surface area contributed by atoms with Crippen LogP contribution in [-0.2, 0) is 30.4 Å². The van der Waals surface area contributed by atoms with E-state index >= 15 is 0 Å². The third kappa shape index (κ3) is 9.15. The highest BCUT2D eigenvalue weighted by molar-refractivity contribution is 6.07. The summed E-state index contributed by atoms with van der Waals surface area (Å²) in [5.41, 5.74) is 7.67. The minimum absolute atomic E-state index is 0.00154. The molecule has 2 heterocycles. The summed E-state index contributed by atoms with van der Waals surface area (Å²) < 4.78 is 0. The van der Waals surface area contributed by atoms with Crippen molar-refractivity contribution >= 4 is 35.7 Å². The zero-order valence-corrected chi connectivity index (χ0v) is 26.0. The van der Waals surface area contributed by atoms with E-state index < -0.39 is 24.4 Å². The van der Waals surface area contributed by atoms with Gasteiger partial charge in [0.2, 0.25) is 11.8 Å². The van der Waals surface area contributed by atoms with Crippen molar-refractivity contribution in [3.05, 3.63) is 77.5 Å². The molecule has 0 radical (unpaired) electrons. The zero-order valence-electron chi connectivity index (χ0n) is 26.0. The number of nitrogens with zero attached hydrogens (tertiary/aromatic N) is 4. The Bertz CT molecular complexity index is 1380. The van der Waals surface area contributed by atoms with Crippen LogP contribution in [0.3, 0.4) is 0 Å². The van der Waals surface area contributed by atoms with Crippen molar-refractivity contribution in [2.75, 3.05) is 46.9 Å². The van der Waals surface area contributed by atoms with Gasteiger partial charge in [0.15, 0.2) is 5.96 Å². The number of guanidine groups is 1. The lowest BCUT2D eigenvalue weighted by Gasteiger charge is -2.36. The maximum Gasteiger partial charge on any atom is 0.271 e. The number of benzene rings is 2. The van der Waals surface area contributed by atoms with Crippen LogP contribution in [0.25, 0.3) is 6.08 Å². The Labute approximate surface area is 264 Å². The van der Waals surface area contributed by atoms with E-state index in [1.165, 1.54) is 24.0 Å². The van der Waals surface area contributed by atoms with Crippen molar-refractivity contribution < 1.29 is 24.0 Å². The van der Waals surface area contributed by atoms with Crippen molar-refractivity contribution in [1.29, 1.82) is 5.41 Å². The fourth-order valence-electron chi connectivity index (χ4n) is 5.78. The second-order valence-corrected chi connectivity index (χ2v) is 11.4. The van der Waals surface area contributed by atoms with E-state index in [0.717, 1.165) is 29.9 Å². The predicted octanol–water partition coefficient (Wildman–Crippen LogP) is 1.83. The lowest BCUT2D eigenvalue weighted by molar-refractivity contribution is -0.172. The van der Waals surface area contributed by atoms with Gasteiger partial charge in [0.05, 0.1) is 7.11 Å². The van der Waals surface area contributed by atoms with Crippen LogP contribution in [0.15, 0.2) is 66.4 Å². The lowest BCUT2D eigenvalue weighted by atomic mass is 9.91. The summed E-state index contributed by atoms with van der Waals surface area (Å²) in [4.78, 5) is 63.5. The van der Waals surface area contributed by atoms with Crippen LogP contribution in [-0.4, -0.2) is 102 Å². The number of aryl methyl sites for hydroxylation is 1. The molecule has 4 rings (SSSR count). The largest absolute Gasteiger partial charge is 0.370 e. The predicted molar refractivity (Wildman–Crippen MR) is 170 cm³/mol. The molecule has 2 atom stereocenters. The average molecular weight is 618 g/mol. The lowest BCUT2D eigenvalue weighted by Crippen LogP contribution is -2.56. The van der Waals surface area contributed by atoms with E-state index in [9.17, 15) is 19.2 Å². The van der Waals surface area contributed by atoms with Gasteiger partial charge in [-0.15, -0.1) is 0 Å². The van der Waals surface area contributed by atoms with Gasteiger partial charge in [-0.2, -0.15) is 0 Å². The minimum Gasteiger partial charge on any atom is -0.370 e. The molecule has 0 spiro atoms. The van der Waals surface area contributed by atoms with Crippen LogP contribution in [0.5, 0.6) is 0 Å². The smallest absolute Gasteiger partial charge is 0.271 e. The molecule has 240 valence electrons. The maximum atomic E-state index is 13.7. The standard InChI is InChI=1S/C33H43N7O5/c1-37(45-2)31(43)27(19-26-16-10-18-39(21-26)33(34)35)36-29(41)22-40-28(20-25-13-7-4-8-14-25)32(44)38(23-30(40)42)17-9-15-24-11-5-3-6-12-24/h3-8,11-14,20,26-27H,9-10,15-19,21-23H2,1-2H3,(H3,34,35)(H,36,41)/b28-20+/t26?,27-/m0/s1. The van der Waals surface area contributed by atoms with E-state index in [1.54, 1.807) is 11.0 Å². The van der Waals surface area contributed by atoms with Crippen molar-refractivity contribution in [3.8, 4) is 0 Å². The summed E-state index contributed by atoms with van der Waals surface area (Å²) in [6, 6.07) is 18.2. The fourth-order valence-corrected chi connectivity index (χ4v) is 5.78. The number of piperazine rings is 1. The number of hydrogen-bond acceptors (Lipinski definition) is 6. The molecule has 2 aromatic rings. The Morgan fingerprint density at radius 2 is 1.82 bits per heavy atom. The second kappa shape index (κ2) is 15.8. The average Bonchev–Trinajstić information content (AvgIpc) is 3.05.